The van der Waals surface area contributed by atoms with Gasteiger partial charge in [-0.2, -0.15) is 0 Å². The number of hydrogen-bond acceptors (Lipinski definition) is 2. The Morgan fingerprint density at radius 2 is 1.53 bits per heavy atom. The quantitative estimate of drug-likeness (QED) is 0.760. The molecule has 86 valence electrons. The van der Waals surface area contributed by atoms with Gasteiger partial charge in [0.2, 0.25) is 0 Å². The number of halogens is 2. The predicted molar refractivity (Wildman–Crippen MR) is 68.4 cm³/mol. The molecule has 2 rings (SSSR count). The largest absolute Gasteiger partial charge is 0.457 e. The van der Waals surface area contributed by atoms with Crippen LogP contribution in [0.4, 0.5) is 0 Å². The third-order valence-electron chi connectivity index (χ3n) is 2.14. The van der Waals surface area contributed by atoms with Gasteiger partial charge in [-0.1, -0.05) is 23.2 Å². The van der Waals surface area contributed by atoms with E-state index in [1.165, 1.54) is 0 Å². The molecule has 2 nitrogen and oxygen atoms in total. The number of hydrogen-bond donors (Lipinski definition) is 0. The zero-order valence-corrected chi connectivity index (χ0v) is 10.2. The number of carbonyl (C=O) groups excluding carboxylic acids is 1. The number of ether oxygens (including phenoxy) is 1. The third-order valence-corrected chi connectivity index (χ3v) is 2.88. The van der Waals surface area contributed by atoms with Crippen molar-refractivity contribution in [2.24, 2.45) is 0 Å². The summed E-state index contributed by atoms with van der Waals surface area (Å²) in [6.45, 7) is 0. The summed E-state index contributed by atoms with van der Waals surface area (Å²) in [4.78, 5) is 10.5. The van der Waals surface area contributed by atoms with E-state index in [2.05, 4.69) is 0 Å². The summed E-state index contributed by atoms with van der Waals surface area (Å²) in [7, 11) is 0. The molecule has 2 aromatic carbocycles. The van der Waals surface area contributed by atoms with Crippen molar-refractivity contribution < 1.29 is 9.53 Å². The molecule has 0 aliphatic rings. The monoisotopic (exact) mass is 266 g/mol. The molecule has 0 N–H and O–H groups in total. The summed E-state index contributed by atoms with van der Waals surface area (Å²) < 4.78 is 5.55. The lowest BCUT2D eigenvalue weighted by Crippen LogP contribution is -1.85. The topological polar surface area (TPSA) is 26.3 Å². The van der Waals surface area contributed by atoms with Crippen LogP contribution in [0.5, 0.6) is 11.5 Å². The van der Waals surface area contributed by atoms with E-state index in [9.17, 15) is 4.79 Å². The summed E-state index contributed by atoms with van der Waals surface area (Å²) in [5, 5.41) is 0.920. The Morgan fingerprint density at radius 1 is 0.882 bits per heavy atom. The van der Waals surface area contributed by atoms with Gasteiger partial charge in [0.1, 0.15) is 17.8 Å². The molecule has 0 amide bonds. The first kappa shape index (κ1) is 12.0. The lowest BCUT2D eigenvalue weighted by molar-refractivity contribution is 0.112. The lowest BCUT2D eigenvalue weighted by atomic mass is 10.2. The third kappa shape index (κ3) is 2.99. The maximum atomic E-state index is 10.5. The van der Waals surface area contributed by atoms with Gasteiger partial charge in [-0.3, -0.25) is 4.79 Å². The van der Waals surface area contributed by atoms with Gasteiger partial charge in [-0.15, -0.1) is 0 Å². The van der Waals surface area contributed by atoms with Gasteiger partial charge in [0.15, 0.2) is 0 Å². The van der Waals surface area contributed by atoms with E-state index in [4.69, 9.17) is 27.9 Å². The van der Waals surface area contributed by atoms with Gasteiger partial charge >= 0.3 is 0 Å². The normalized spacial score (nSPS) is 10.0. The number of carbonyl (C=O) groups is 1. The number of rotatable bonds is 3. The molecule has 0 heterocycles. The molecule has 0 radical (unpaired) electrons. The highest BCUT2D eigenvalue weighted by molar-refractivity contribution is 6.42. The van der Waals surface area contributed by atoms with Crippen LogP contribution in [-0.4, -0.2) is 6.29 Å². The Labute approximate surface area is 109 Å². The van der Waals surface area contributed by atoms with Crippen LogP contribution in [0.25, 0.3) is 0 Å². The summed E-state index contributed by atoms with van der Waals surface area (Å²) in [6, 6.07) is 11.8. The van der Waals surface area contributed by atoms with Crippen molar-refractivity contribution in [3.63, 3.8) is 0 Å². The minimum atomic E-state index is 0.439. The minimum Gasteiger partial charge on any atom is -0.457 e. The first-order chi connectivity index (χ1) is 8.19. The molecule has 0 aliphatic carbocycles. The van der Waals surface area contributed by atoms with E-state index in [1.54, 1.807) is 42.5 Å². The second-order valence-electron chi connectivity index (χ2n) is 3.36. The fourth-order valence-electron chi connectivity index (χ4n) is 1.29. The molecule has 0 fully saturated rings. The van der Waals surface area contributed by atoms with Gasteiger partial charge in [0.05, 0.1) is 10.0 Å². The Balaban J connectivity index is 2.19. The molecule has 2 aromatic rings. The molecular weight excluding hydrogens is 259 g/mol. The number of aldehydes is 1. The van der Waals surface area contributed by atoms with Crippen LogP contribution in [-0.2, 0) is 0 Å². The molecule has 0 unspecified atom stereocenters. The highest BCUT2D eigenvalue weighted by atomic mass is 35.5. The van der Waals surface area contributed by atoms with Crippen molar-refractivity contribution in [2.75, 3.05) is 0 Å². The predicted octanol–water partition coefficient (Wildman–Crippen LogP) is 4.60. The van der Waals surface area contributed by atoms with E-state index in [0.717, 1.165) is 6.29 Å². The van der Waals surface area contributed by atoms with Crippen LogP contribution in [0.3, 0.4) is 0 Å². The summed E-state index contributed by atoms with van der Waals surface area (Å²) in [5.41, 5.74) is 0.603. The average Bonchev–Trinajstić information content (AvgIpc) is 2.35. The summed E-state index contributed by atoms with van der Waals surface area (Å²) in [5.74, 6) is 1.23. The van der Waals surface area contributed by atoms with E-state index in [-0.39, 0.29) is 0 Å². The molecule has 17 heavy (non-hydrogen) atoms. The molecule has 0 bridgehead atoms. The zero-order chi connectivity index (χ0) is 12.3. The Kier molecular flexibility index (Phi) is 3.67. The molecular formula is C13H8Cl2O2. The van der Waals surface area contributed by atoms with Crippen molar-refractivity contribution in [3.8, 4) is 11.5 Å². The Bertz CT molecular complexity index is 536. The van der Waals surface area contributed by atoms with Crippen LogP contribution >= 0.6 is 23.2 Å². The van der Waals surface area contributed by atoms with E-state index >= 15 is 0 Å². The van der Waals surface area contributed by atoms with E-state index < -0.39 is 0 Å². The van der Waals surface area contributed by atoms with Gasteiger partial charge in [0.25, 0.3) is 0 Å². The fourth-order valence-corrected chi connectivity index (χ4v) is 1.58. The highest BCUT2D eigenvalue weighted by Crippen LogP contribution is 2.29. The molecule has 0 atom stereocenters. The fraction of sp³-hybridized carbons (Fsp3) is 0. The van der Waals surface area contributed by atoms with Gasteiger partial charge in [-0.25, -0.2) is 0 Å². The van der Waals surface area contributed by atoms with Crippen molar-refractivity contribution in [3.05, 3.63) is 58.1 Å². The first-order valence-electron chi connectivity index (χ1n) is 4.87. The number of benzene rings is 2. The molecule has 4 heteroatoms. The van der Waals surface area contributed by atoms with Gasteiger partial charge in [-0.05, 0) is 36.4 Å². The van der Waals surface area contributed by atoms with Crippen molar-refractivity contribution in [1.29, 1.82) is 0 Å². The Morgan fingerprint density at radius 3 is 2.12 bits per heavy atom. The van der Waals surface area contributed by atoms with Crippen LogP contribution in [0, 0.1) is 0 Å². The summed E-state index contributed by atoms with van der Waals surface area (Å²) in [6.07, 6.45) is 0.781. The second kappa shape index (κ2) is 5.21. The van der Waals surface area contributed by atoms with E-state index in [1.807, 2.05) is 0 Å². The van der Waals surface area contributed by atoms with Crippen molar-refractivity contribution >= 4 is 29.5 Å². The highest BCUT2D eigenvalue weighted by Gasteiger charge is 2.01. The zero-order valence-electron chi connectivity index (χ0n) is 8.69. The maximum absolute atomic E-state index is 10.5. The van der Waals surface area contributed by atoms with Crippen molar-refractivity contribution in [1.82, 2.24) is 0 Å². The molecule has 0 saturated carbocycles. The molecule has 0 spiro atoms. The second-order valence-corrected chi connectivity index (χ2v) is 4.18. The van der Waals surface area contributed by atoms with Crippen LogP contribution in [0.1, 0.15) is 10.4 Å². The molecule has 0 saturated heterocycles. The van der Waals surface area contributed by atoms with Gasteiger partial charge < -0.3 is 4.74 Å². The molecule has 0 aliphatic heterocycles. The van der Waals surface area contributed by atoms with E-state index in [0.29, 0.717) is 27.1 Å². The van der Waals surface area contributed by atoms with Crippen molar-refractivity contribution in [2.45, 2.75) is 0 Å². The maximum Gasteiger partial charge on any atom is 0.150 e. The van der Waals surface area contributed by atoms with Crippen LogP contribution in [0.15, 0.2) is 42.5 Å². The lowest BCUT2D eigenvalue weighted by Gasteiger charge is -2.06. The SMILES string of the molecule is O=Cc1ccc(Oc2ccc(Cl)c(Cl)c2)cc1. The van der Waals surface area contributed by atoms with Crippen LogP contribution < -0.4 is 4.74 Å². The van der Waals surface area contributed by atoms with Crippen LogP contribution in [0.2, 0.25) is 10.0 Å². The standard InChI is InChI=1S/C13H8Cl2O2/c14-12-6-5-11(7-13(12)15)17-10-3-1-9(8-16)2-4-10/h1-8H. The first-order valence-corrected chi connectivity index (χ1v) is 5.63. The van der Waals surface area contributed by atoms with Gasteiger partial charge in [0, 0.05) is 11.6 Å². The molecule has 0 aromatic heterocycles. The summed E-state index contributed by atoms with van der Waals surface area (Å²) >= 11 is 11.7. The minimum absolute atomic E-state index is 0.439. The smallest absolute Gasteiger partial charge is 0.150 e. The Hall–Kier alpha value is -1.51. The average molecular weight is 267 g/mol.